The number of phenolic OH excluding ortho intramolecular Hbond substituents is 1. The third kappa shape index (κ3) is 4.84. The molecule has 21 heavy (non-hydrogen) atoms. The molecule has 3 nitrogen and oxygen atoms in total. The molecule has 0 spiro atoms. The molecule has 0 saturated heterocycles. The first-order valence-corrected chi connectivity index (χ1v) is 8.07. The van der Waals surface area contributed by atoms with Gasteiger partial charge in [0.05, 0.1) is 11.4 Å². The lowest BCUT2D eigenvalue weighted by molar-refractivity contribution is -0.113. The Balaban J connectivity index is 1.83. The zero-order valence-electron chi connectivity index (χ0n) is 11.0. The molecular weight excluding hydrogens is 329 g/mol. The summed E-state index contributed by atoms with van der Waals surface area (Å²) in [6.07, 6.45) is 0. The molecule has 1 amide bonds. The lowest BCUT2D eigenvalue weighted by atomic mass is 10.2. The first-order valence-electron chi connectivity index (χ1n) is 6.16. The van der Waals surface area contributed by atoms with Crippen molar-refractivity contribution in [3.8, 4) is 5.75 Å². The van der Waals surface area contributed by atoms with Crippen LogP contribution in [0.5, 0.6) is 5.75 Å². The van der Waals surface area contributed by atoms with Gasteiger partial charge in [0, 0.05) is 15.8 Å². The molecule has 2 rings (SSSR count). The maximum atomic E-state index is 11.8. The molecule has 0 fully saturated rings. The smallest absolute Gasteiger partial charge is 0.234 e. The minimum absolute atomic E-state index is 0.0524. The van der Waals surface area contributed by atoms with E-state index in [4.69, 9.17) is 23.2 Å². The number of anilines is 1. The molecule has 2 aromatic rings. The highest BCUT2D eigenvalue weighted by atomic mass is 35.5. The van der Waals surface area contributed by atoms with Crippen LogP contribution in [0.2, 0.25) is 10.0 Å². The Morgan fingerprint density at radius 2 is 1.95 bits per heavy atom. The summed E-state index contributed by atoms with van der Waals surface area (Å²) in [5, 5.41) is 13.4. The maximum absolute atomic E-state index is 11.8. The molecule has 0 heterocycles. The van der Waals surface area contributed by atoms with Crippen LogP contribution in [0.3, 0.4) is 0 Å². The fourth-order valence-electron chi connectivity index (χ4n) is 1.66. The maximum Gasteiger partial charge on any atom is 0.234 e. The van der Waals surface area contributed by atoms with E-state index in [0.717, 1.165) is 5.56 Å². The number of benzene rings is 2. The third-order valence-corrected chi connectivity index (χ3v) is 4.25. The minimum Gasteiger partial charge on any atom is -0.506 e. The second kappa shape index (κ2) is 7.59. The number of hydrogen-bond acceptors (Lipinski definition) is 3. The molecule has 0 aromatic heterocycles. The van der Waals surface area contributed by atoms with Crippen molar-refractivity contribution in [2.75, 3.05) is 11.1 Å². The number of thioether (sulfide) groups is 1. The topological polar surface area (TPSA) is 49.3 Å². The van der Waals surface area contributed by atoms with Gasteiger partial charge in [-0.3, -0.25) is 4.79 Å². The van der Waals surface area contributed by atoms with Gasteiger partial charge >= 0.3 is 0 Å². The Labute approximate surface area is 137 Å². The molecular formula is C15H13Cl2NO2S. The molecule has 0 atom stereocenters. The van der Waals surface area contributed by atoms with E-state index in [1.807, 2.05) is 6.07 Å². The van der Waals surface area contributed by atoms with Crippen LogP contribution >= 0.6 is 35.0 Å². The van der Waals surface area contributed by atoms with Crippen LogP contribution in [0.15, 0.2) is 42.5 Å². The van der Waals surface area contributed by atoms with Gasteiger partial charge in [-0.25, -0.2) is 0 Å². The largest absolute Gasteiger partial charge is 0.506 e. The lowest BCUT2D eigenvalue weighted by Gasteiger charge is -2.07. The van der Waals surface area contributed by atoms with E-state index in [-0.39, 0.29) is 17.4 Å². The van der Waals surface area contributed by atoms with Crippen LogP contribution in [-0.2, 0) is 10.5 Å². The first kappa shape index (κ1) is 16.0. The number of phenols is 1. The molecule has 2 aromatic carbocycles. The van der Waals surface area contributed by atoms with E-state index in [9.17, 15) is 9.90 Å². The summed E-state index contributed by atoms with van der Waals surface area (Å²) in [6, 6.07) is 11.9. The second-order valence-electron chi connectivity index (χ2n) is 4.29. The summed E-state index contributed by atoms with van der Waals surface area (Å²) in [5.74, 6) is 0.764. The monoisotopic (exact) mass is 341 g/mol. The van der Waals surface area contributed by atoms with Crippen molar-refractivity contribution >= 4 is 46.6 Å². The van der Waals surface area contributed by atoms with Gasteiger partial charge in [0.2, 0.25) is 5.91 Å². The zero-order valence-corrected chi connectivity index (χ0v) is 13.3. The number of aromatic hydroxyl groups is 1. The van der Waals surface area contributed by atoms with Crippen molar-refractivity contribution in [3.05, 3.63) is 58.1 Å². The quantitative estimate of drug-likeness (QED) is 0.783. The number of rotatable bonds is 5. The number of carbonyl (C=O) groups excluding carboxylic acids is 1. The molecule has 2 N–H and O–H groups in total. The summed E-state index contributed by atoms with van der Waals surface area (Å²) < 4.78 is 0. The second-order valence-corrected chi connectivity index (χ2v) is 6.12. The Hall–Kier alpha value is -1.36. The van der Waals surface area contributed by atoms with Gasteiger partial charge in [-0.1, -0.05) is 41.4 Å². The molecule has 6 heteroatoms. The van der Waals surface area contributed by atoms with Crippen molar-refractivity contribution in [2.24, 2.45) is 0 Å². The Bertz CT molecular complexity index is 649. The zero-order chi connectivity index (χ0) is 15.2. The highest BCUT2D eigenvalue weighted by molar-refractivity contribution is 7.99. The van der Waals surface area contributed by atoms with Crippen LogP contribution in [0, 0.1) is 0 Å². The molecule has 110 valence electrons. The van der Waals surface area contributed by atoms with E-state index < -0.39 is 0 Å². The van der Waals surface area contributed by atoms with E-state index in [2.05, 4.69) is 5.32 Å². The van der Waals surface area contributed by atoms with Crippen LogP contribution in [0.25, 0.3) is 0 Å². The van der Waals surface area contributed by atoms with E-state index in [1.54, 1.807) is 30.3 Å². The van der Waals surface area contributed by atoms with Crippen molar-refractivity contribution in [3.63, 3.8) is 0 Å². The molecule has 0 saturated carbocycles. The fourth-order valence-corrected chi connectivity index (χ4v) is 3.04. The SMILES string of the molecule is O=C(CSCc1ccc(Cl)cc1Cl)Nc1ccccc1O. The average molecular weight is 342 g/mol. The number of halogens is 2. The molecule has 0 aliphatic carbocycles. The van der Waals surface area contributed by atoms with Gasteiger partial charge in [0.25, 0.3) is 0 Å². The van der Waals surface area contributed by atoms with Crippen molar-refractivity contribution in [1.82, 2.24) is 0 Å². The van der Waals surface area contributed by atoms with Crippen molar-refractivity contribution < 1.29 is 9.90 Å². The van der Waals surface area contributed by atoms with E-state index >= 15 is 0 Å². The third-order valence-electron chi connectivity index (χ3n) is 2.68. The van der Waals surface area contributed by atoms with Gasteiger partial charge < -0.3 is 10.4 Å². The number of nitrogens with one attached hydrogen (secondary N) is 1. The molecule has 0 aliphatic heterocycles. The van der Waals surface area contributed by atoms with Gasteiger partial charge in [0.1, 0.15) is 5.75 Å². The summed E-state index contributed by atoms with van der Waals surface area (Å²) in [6.45, 7) is 0. The number of para-hydroxylation sites is 2. The lowest BCUT2D eigenvalue weighted by Crippen LogP contribution is -2.14. The van der Waals surface area contributed by atoms with Crippen LogP contribution in [-0.4, -0.2) is 16.8 Å². The standard InChI is InChI=1S/C15H13Cl2NO2S/c16-11-6-5-10(12(17)7-11)8-21-9-15(20)18-13-3-1-2-4-14(13)19/h1-7,19H,8-9H2,(H,18,20). The highest BCUT2D eigenvalue weighted by Crippen LogP contribution is 2.25. The highest BCUT2D eigenvalue weighted by Gasteiger charge is 2.07. The van der Waals surface area contributed by atoms with Gasteiger partial charge in [-0.2, -0.15) is 0 Å². The normalized spacial score (nSPS) is 10.4. The fraction of sp³-hybridized carbons (Fsp3) is 0.133. The average Bonchev–Trinajstić information content (AvgIpc) is 2.44. The minimum atomic E-state index is -0.174. The van der Waals surface area contributed by atoms with Crippen molar-refractivity contribution in [2.45, 2.75) is 5.75 Å². The summed E-state index contributed by atoms with van der Waals surface area (Å²) in [4.78, 5) is 11.8. The molecule has 0 unspecified atom stereocenters. The van der Waals surface area contributed by atoms with E-state index in [0.29, 0.717) is 21.5 Å². The molecule has 0 aliphatic rings. The van der Waals surface area contributed by atoms with Gasteiger partial charge in [-0.05, 0) is 29.8 Å². The van der Waals surface area contributed by atoms with Crippen LogP contribution in [0.1, 0.15) is 5.56 Å². The number of hydrogen-bond donors (Lipinski definition) is 2. The van der Waals surface area contributed by atoms with Gasteiger partial charge in [-0.15, -0.1) is 11.8 Å². The summed E-state index contributed by atoms with van der Waals surface area (Å²) in [7, 11) is 0. The number of carbonyl (C=O) groups is 1. The Morgan fingerprint density at radius 1 is 1.19 bits per heavy atom. The Morgan fingerprint density at radius 3 is 2.67 bits per heavy atom. The van der Waals surface area contributed by atoms with Crippen LogP contribution < -0.4 is 5.32 Å². The first-order chi connectivity index (χ1) is 10.1. The Kier molecular flexibility index (Phi) is 5.79. The predicted octanol–water partition coefficient (Wildman–Crippen LogP) is 4.57. The van der Waals surface area contributed by atoms with E-state index in [1.165, 1.54) is 17.8 Å². The summed E-state index contributed by atoms with van der Waals surface area (Å²) in [5.41, 5.74) is 1.34. The summed E-state index contributed by atoms with van der Waals surface area (Å²) >= 11 is 13.3. The molecule has 0 bridgehead atoms. The number of amides is 1. The molecule has 0 radical (unpaired) electrons. The van der Waals surface area contributed by atoms with Gasteiger partial charge in [0.15, 0.2) is 0 Å². The van der Waals surface area contributed by atoms with Crippen LogP contribution in [0.4, 0.5) is 5.69 Å². The predicted molar refractivity (Wildman–Crippen MR) is 89.4 cm³/mol. The van der Waals surface area contributed by atoms with Crippen molar-refractivity contribution in [1.29, 1.82) is 0 Å².